The number of aromatic hydroxyl groups is 3. The molecular formula is C30H32O9. The minimum atomic E-state index is -0.527. The van der Waals surface area contributed by atoms with E-state index >= 15 is 0 Å². The third-order valence-electron chi connectivity index (χ3n) is 6.79. The molecule has 0 aromatic heterocycles. The highest BCUT2D eigenvalue weighted by Crippen LogP contribution is 2.43. The van der Waals surface area contributed by atoms with Crippen LogP contribution < -0.4 is 14.2 Å². The highest BCUT2D eigenvalue weighted by Gasteiger charge is 2.39. The van der Waals surface area contributed by atoms with Crippen molar-refractivity contribution in [3.05, 3.63) is 77.4 Å². The summed E-state index contributed by atoms with van der Waals surface area (Å²) in [5, 5.41) is 29.8. The number of ether oxygens (including phenoxy) is 5. The summed E-state index contributed by atoms with van der Waals surface area (Å²) >= 11 is 0. The lowest BCUT2D eigenvalue weighted by Gasteiger charge is -2.23. The Bertz CT molecular complexity index is 1330. The first-order valence-electron chi connectivity index (χ1n) is 12.4. The number of carbonyl (C=O) groups is 1. The van der Waals surface area contributed by atoms with Gasteiger partial charge in [0.1, 0.15) is 0 Å². The van der Waals surface area contributed by atoms with Crippen molar-refractivity contribution in [3.63, 3.8) is 0 Å². The van der Waals surface area contributed by atoms with Crippen LogP contribution in [0.5, 0.6) is 34.5 Å². The van der Waals surface area contributed by atoms with Gasteiger partial charge in [-0.3, -0.25) is 0 Å². The molecular weight excluding hydrogens is 504 g/mol. The molecule has 9 heteroatoms. The van der Waals surface area contributed by atoms with E-state index in [1.807, 2.05) is 6.07 Å². The molecule has 1 fully saturated rings. The van der Waals surface area contributed by atoms with Gasteiger partial charge in [0.15, 0.2) is 34.5 Å². The summed E-state index contributed by atoms with van der Waals surface area (Å²) in [6, 6.07) is 15.0. The van der Waals surface area contributed by atoms with Crippen molar-refractivity contribution in [1.29, 1.82) is 0 Å². The maximum Gasteiger partial charge on any atom is 0.330 e. The van der Waals surface area contributed by atoms with Crippen LogP contribution in [-0.4, -0.2) is 55.8 Å². The van der Waals surface area contributed by atoms with E-state index in [-0.39, 0.29) is 35.7 Å². The Morgan fingerprint density at radius 3 is 2.18 bits per heavy atom. The Morgan fingerprint density at radius 1 is 0.872 bits per heavy atom. The predicted octanol–water partition coefficient (Wildman–Crippen LogP) is 4.63. The van der Waals surface area contributed by atoms with Gasteiger partial charge in [0, 0.05) is 12.0 Å². The molecule has 0 aliphatic carbocycles. The SMILES string of the molecule is COc1cc(C=CC(=O)OC[C@H]2[C@@H](Cc3ccc(O)c(OC)c3)CO[C@@H]2c2ccc(O)c(OC)c2)ccc1O. The van der Waals surface area contributed by atoms with Crippen LogP contribution in [0.2, 0.25) is 0 Å². The summed E-state index contributed by atoms with van der Waals surface area (Å²) in [5.74, 6) is 0.346. The summed E-state index contributed by atoms with van der Waals surface area (Å²) in [7, 11) is 4.42. The molecule has 1 heterocycles. The number of rotatable bonds is 10. The van der Waals surface area contributed by atoms with Crippen LogP contribution in [0.15, 0.2) is 60.7 Å². The van der Waals surface area contributed by atoms with Gasteiger partial charge >= 0.3 is 5.97 Å². The van der Waals surface area contributed by atoms with Crippen molar-refractivity contribution in [2.45, 2.75) is 12.5 Å². The monoisotopic (exact) mass is 536 g/mol. The van der Waals surface area contributed by atoms with Crippen molar-refractivity contribution in [1.82, 2.24) is 0 Å². The molecule has 3 aromatic carbocycles. The highest BCUT2D eigenvalue weighted by atomic mass is 16.5. The zero-order chi connectivity index (χ0) is 27.9. The van der Waals surface area contributed by atoms with Gasteiger partial charge in [-0.25, -0.2) is 4.79 Å². The molecule has 0 spiro atoms. The smallest absolute Gasteiger partial charge is 0.330 e. The molecule has 4 rings (SSSR count). The van der Waals surface area contributed by atoms with Gasteiger partial charge in [-0.05, 0) is 71.5 Å². The second-order valence-electron chi connectivity index (χ2n) is 9.21. The Morgan fingerprint density at radius 2 is 1.49 bits per heavy atom. The van der Waals surface area contributed by atoms with Crippen molar-refractivity contribution in [3.8, 4) is 34.5 Å². The van der Waals surface area contributed by atoms with E-state index in [0.29, 0.717) is 35.8 Å². The fraction of sp³-hybridized carbons (Fsp3) is 0.300. The number of methoxy groups -OCH3 is 3. The first-order chi connectivity index (χ1) is 18.8. The summed E-state index contributed by atoms with van der Waals surface area (Å²) in [4.78, 5) is 12.6. The fourth-order valence-corrected chi connectivity index (χ4v) is 4.71. The molecule has 3 atom stereocenters. The van der Waals surface area contributed by atoms with E-state index in [1.54, 1.807) is 48.5 Å². The standard InChI is InChI=1S/C30H32O9/c1-35-26-13-18(4-8-23(26)31)6-11-29(34)38-17-22-21(12-19-5-9-24(32)27(14-19)36-2)16-39-30(22)20-7-10-25(33)28(15-20)37-3/h4-11,13-15,21-22,30-33H,12,16-17H2,1-3H3/t21-,22-,30+/m0/s1. The molecule has 39 heavy (non-hydrogen) atoms. The lowest BCUT2D eigenvalue weighted by Crippen LogP contribution is -2.24. The van der Waals surface area contributed by atoms with Crippen molar-refractivity contribution in [2.24, 2.45) is 11.8 Å². The number of hydrogen-bond acceptors (Lipinski definition) is 9. The zero-order valence-corrected chi connectivity index (χ0v) is 22.0. The third kappa shape index (κ3) is 6.56. The summed E-state index contributed by atoms with van der Waals surface area (Å²) < 4.78 is 27.5. The average Bonchev–Trinajstić information content (AvgIpc) is 3.34. The number of hydrogen-bond donors (Lipinski definition) is 3. The van der Waals surface area contributed by atoms with Crippen molar-refractivity contribution < 1.29 is 43.8 Å². The van der Waals surface area contributed by atoms with Crippen LogP contribution in [0.25, 0.3) is 6.08 Å². The molecule has 3 N–H and O–H groups in total. The van der Waals surface area contributed by atoms with Gasteiger partial charge in [0.2, 0.25) is 0 Å². The molecule has 0 radical (unpaired) electrons. The Kier molecular flexibility index (Phi) is 8.83. The summed E-state index contributed by atoms with van der Waals surface area (Å²) in [5.41, 5.74) is 2.40. The molecule has 0 saturated carbocycles. The van der Waals surface area contributed by atoms with E-state index in [0.717, 1.165) is 11.1 Å². The molecule has 0 bridgehead atoms. The van der Waals surface area contributed by atoms with E-state index < -0.39 is 12.1 Å². The Hall–Kier alpha value is -4.37. The molecule has 0 amide bonds. The maximum absolute atomic E-state index is 12.6. The van der Waals surface area contributed by atoms with Crippen LogP contribution in [0, 0.1) is 11.8 Å². The average molecular weight is 537 g/mol. The molecule has 3 aromatic rings. The second kappa shape index (κ2) is 12.4. The lowest BCUT2D eigenvalue weighted by molar-refractivity contribution is -0.139. The van der Waals surface area contributed by atoms with Gasteiger partial charge in [-0.15, -0.1) is 0 Å². The van der Waals surface area contributed by atoms with Gasteiger partial charge in [0.05, 0.1) is 40.6 Å². The second-order valence-corrected chi connectivity index (χ2v) is 9.21. The Balaban J connectivity index is 1.52. The van der Waals surface area contributed by atoms with E-state index in [2.05, 4.69) is 0 Å². The fourth-order valence-electron chi connectivity index (χ4n) is 4.71. The Labute approximate surface area is 226 Å². The zero-order valence-electron chi connectivity index (χ0n) is 22.0. The van der Waals surface area contributed by atoms with Gasteiger partial charge < -0.3 is 39.0 Å². The van der Waals surface area contributed by atoms with Gasteiger partial charge in [-0.1, -0.05) is 18.2 Å². The first kappa shape index (κ1) is 27.7. The van der Waals surface area contributed by atoms with Crippen LogP contribution in [0.4, 0.5) is 0 Å². The first-order valence-corrected chi connectivity index (χ1v) is 12.4. The molecule has 206 valence electrons. The van der Waals surface area contributed by atoms with E-state index in [9.17, 15) is 20.1 Å². The number of benzene rings is 3. The van der Waals surface area contributed by atoms with Crippen LogP contribution in [0.1, 0.15) is 22.8 Å². The topological polar surface area (TPSA) is 124 Å². The normalized spacial score (nSPS) is 18.7. The highest BCUT2D eigenvalue weighted by molar-refractivity contribution is 5.87. The molecule has 0 unspecified atom stereocenters. The maximum atomic E-state index is 12.6. The lowest BCUT2D eigenvalue weighted by atomic mass is 9.84. The molecule has 9 nitrogen and oxygen atoms in total. The van der Waals surface area contributed by atoms with E-state index in [1.165, 1.54) is 33.5 Å². The number of carbonyl (C=O) groups excluding carboxylic acids is 1. The third-order valence-corrected chi connectivity index (χ3v) is 6.79. The van der Waals surface area contributed by atoms with Crippen LogP contribution in [0.3, 0.4) is 0 Å². The largest absolute Gasteiger partial charge is 0.504 e. The number of esters is 1. The summed E-state index contributed by atoms with van der Waals surface area (Å²) in [6.07, 6.45) is 3.10. The van der Waals surface area contributed by atoms with Crippen molar-refractivity contribution in [2.75, 3.05) is 34.5 Å². The summed E-state index contributed by atoms with van der Waals surface area (Å²) in [6.45, 7) is 0.512. The van der Waals surface area contributed by atoms with E-state index in [4.69, 9.17) is 23.7 Å². The molecule has 1 aliphatic rings. The van der Waals surface area contributed by atoms with Crippen LogP contribution >= 0.6 is 0 Å². The minimum Gasteiger partial charge on any atom is -0.504 e. The minimum absolute atomic E-state index is 0.00709. The van der Waals surface area contributed by atoms with Gasteiger partial charge in [-0.2, -0.15) is 0 Å². The quantitative estimate of drug-likeness (QED) is 0.251. The molecule has 1 saturated heterocycles. The molecule has 1 aliphatic heterocycles. The van der Waals surface area contributed by atoms with Gasteiger partial charge in [0.25, 0.3) is 0 Å². The number of phenols is 3. The predicted molar refractivity (Wildman–Crippen MR) is 143 cm³/mol. The van der Waals surface area contributed by atoms with Crippen LogP contribution in [-0.2, 0) is 20.7 Å². The van der Waals surface area contributed by atoms with Crippen molar-refractivity contribution >= 4 is 12.0 Å². The number of phenolic OH excluding ortho intramolecular Hbond substituents is 3.